The van der Waals surface area contributed by atoms with E-state index in [9.17, 15) is 0 Å². The highest BCUT2D eigenvalue weighted by Gasteiger charge is 2.27. The number of ether oxygens (including phenoxy) is 1. The fourth-order valence-electron chi connectivity index (χ4n) is 3.80. The number of para-hydroxylation sites is 1. The lowest BCUT2D eigenvalue weighted by atomic mass is 10.0. The van der Waals surface area contributed by atoms with E-state index in [-0.39, 0.29) is 6.04 Å². The molecule has 1 aromatic heterocycles. The molecule has 158 valence electrons. The second kappa shape index (κ2) is 9.41. The molecular formula is C24H24BrN5O. The predicted octanol–water partition coefficient (Wildman–Crippen LogP) is 4.96. The first-order chi connectivity index (χ1) is 15.1. The van der Waals surface area contributed by atoms with Crippen molar-refractivity contribution < 1.29 is 4.74 Å². The first-order valence-electron chi connectivity index (χ1n) is 10.0. The highest BCUT2D eigenvalue weighted by atomic mass is 79.9. The van der Waals surface area contributed by atoms with Gasteiger partial charge in [-0.15, -0.1) is 5.10 Å². The van der Waals surface area contributed by atoms with Crippen LogP contribution in [0, 0.1) is 6.92 Å². The molecule has 1 atom stereocenters. The van der Waals surface area contributed by atoms with Crippen LogP contribution in [0.1, 0.15) is 28.6 Å². The topological polar surface area (TPSA) is 56.1 Å². The number of aromatic nitrogens is 4. The predicted molar refractivity (Wildman–Crippen MR) is 124 cm³/mol. The van der Waals surface area contributed by atoms with Gasteiger partial charge in [0.25, 0.3) is 0 Å². The number of aryl methyl sites for hydroxylation is 1. The third-order valence-electron chi connectivity index (χ3n) is 5.30. The molecule has 0 aliphatic heterocycles. The Kier molecular flexibility index (Phi) is 6.44. The molecular weight excluding hydrogens is 454 g/mol. The maximum atomic E-state index is 5.59. The van der Waals surface area contributed by atoms with E-state index in [1.54, 1.807) is 7.11 Å². The van der Waals surface area contributed by atoms with Crippen molar-refractivity contribution in [1.82, 2.24) is 25.1 Å². The van der Waals surface area contributed by atoms with E-state index in [0.717, 1.165) is 38.4 Å². The van der Waals surface area contributed by atoms with Crippen molar-refractivity contribution in [1.29, 1.82) is 0 Å². The van der Waals surface area contributed by atoms with Crippen LogP contribution in [0.15, 0.2) is 77.3 Å². The van der Waals surface area contributed by atoms with Gasteiger partial charge in [-0.05, 0) is 59.8 Å². The molecule has 7 heteroatoms. The number of halogens is 1. The summed E-state index contributed by atoms with van der Waals surface area (Å²) >= 11 is 3.58. The van der Waals surface area contributed by atoms with Crippen LogP contribution in [0.3, 0.4) is 0 Å². The molecule has 0 N–H and O–H groups in total. The van der Waals surface area contributed by atoms with Gasteiger partial charge in [0.15, 0.2) is 5.82 Å². The van der Waals surface area contributed by atoms with Crippen LogP contribution in [0.4, 0.5) is 0 Å². The number of rotatable bonds is 7. The van der Waals surface area contributed by atoms with E-state index in [1.807, 2.05) is 53.2 Å². The minimum absolute atomic E-state index is 0.153. The van der Waals surface area contributed by atoms with Crippen LogP contribution < -0.4 is 4.74 Å². The largest absolute Gasteiger partial charge is 0.496 e. The second-order valence-corrected chi connectivity index (χ2v) is 8.34. The van der Waals surface area contributed by atoms with Gasteiger partial charge in [0.1, 0.15) is 5.75 Å². The molecule has 3 aromatic carbocycles. The minimum Gasteiger partial charge on any atom is -0.496 e. The molecule has 4 aromatic rings. The molecule has 0 amide bonds. The molecule has 0 bridgehead atoms. The molecule has 0 saturated heterocycles. The molecule has 6 nitrogen and oxygen atoms in total. The Balaban J connectivity index is 1.78. The summed E-state index contributed by atoms with van der Waals surface area (Å²) in [5.74, 6) is 1.61. The summed E-state index contributed by atoms with van der Waals surface area (Å²) < 4.78 is 8.44. The van der Waals surface area contributed by atoms with Gasteiger partial charge in [-0.2, -0.15) is 4.68 Å². The quantitative estimate of drug-likeness (QED) is 0.376. The van der Waals surface area contributed by atoms with E-state index in [4.69, 9.17) is 4.74 Å². The Morgan fingerprint density at radius 3 is 2.52 bits per heavy atom. The molecule has 0 fully saturated rings. The summed E-state index contributed by atoms with van der Waals surface area (Å²) in [6, 6.07) is 24.3. The van der Waals surface area contributed by atoms with Crippen molar-refractivity contribution in [3.63, 3.8) is 0 Å². The third-order valence-corrected chi connectivity index (χ3v) is 5.79. The maximum absolute atomic E-state index is 5.59. The minimum atomic E-state index is -0.153. The van der Waals surface area contributed by atoms with Gasteiger partial charge < -0.3 is 4.74 Å². The van der Waals surface area contributed by atoms with Crippen LogP contribution in [-0.2, 0) is 6.54 Å². The Labute approximate surface area is 190 Å². The lowest BCUT2D eigenvalue weighted by Gasteiger charge is -2.28. The smallest absolute Gasteiger partial charge is 0.178 e. The standard InChI is InChI=1S/C24H24BrN5O/c1-17-9-7-8-12-21(17)30-24(26-27-28-30)23(18-10-5-4-6-11-18)29(2)16-19-15-20(25)13-14-22(19)31-3/h4-15,23H,16H2,1-3H3/t23-/m0/s1. The van der Waals surface area contributed by atoms with Gasteiger partial charge >= 0.3 is 0 Å². The van der Waals surface area contributed by atoms with Crippen LogP contribution in [-0.4, -0.2) is 39.3 Å². The molecule has 0 saturated carbocycles. The monoisotopic (exact) mass is 477 g/mol. The number of tetrazole rings is 1. The van der Waals surface area contributed by atoms with Crippen LogP contribution in [0.5, 0.6) is 5.75 Å². The van der Waals surface area contributed by atoms with Gasteiger partial charge in [-0.3, -0.25) is 4.90 Å². The fourth-order valence-corrected chi connectivity index (χ4v) is 4.21. The second-order valence-electron chi connectivity index (χ2n) is 7.42. The fraction of sp³-hybridized carbons (Fsp3) is 0.208. The Morgan fingerprint density at radius 2 is 1.77 bits per heavy atom. The summed E-state index contributed by atoms with van der Waals surface area (Å²) in [5, 5.41) is 12.8. The zero-order chi connectivity index (χ0) is 21.8. The molecule has 1 heterocycles. The zero-order valence-electron chi connectivity index (χ0n) is 17.7. The number of methoxy groups -OCH3 is 1. The SMILES string of the molecule is COc1ccc(Br)cc1CN(C)[C@@H](c1ccccc1)c1nnnn1-c1ccccc1C. The average Bonchev–Trinajstić information content (AvgIpc) is 3.24. The third kappa shape index (κ3) is 4.52. The van der Waals surface area contributed by atoms with Crippen molar-refractivity contribution in [2.24, 2.45) is 0 Å². The first kappa shape index (κ1) is 21.2. The number of nitrogens with zero attached hydrogens (tertiary/aromatic N) is 5. The molecule has 0 radical (unpaired) electrons. The van der Waals surface area contributed by atoms with Gasteiger partial charge in [0.2, 0.25) is 0 Å². The Morgan fingerprint density at radius 1 is 1.03 bits per heavy atom. The van der Waals surface area contributed by atoms with Crippen LogP contribution in [0.2, 0.25) is 0 Å². The summed E-state index contributed by atoms with van der Waals surface area (Å²) in [6.45, 7) is 2.72. The van der Waals surface area contributed by atoms with Gasteiger partial charge in [0.05, 0.1) is 18.8 Å². The van der Waals surface area contributed by atoms with E-state index in [0.29, 0.717) is 6.54 Å². The zero-order valence-corrected chi connectivity index (χ0v) is 19.3. The lowest BCUT2D eigenvalue weighted by Crippen LogP contribution is -2.28. The van der Waals surface area contributed by atoms with Crippen molar-refractivity contribution in [3.8, 4) is 11.4 Å². The lowest BCUT2D eigenvalue weighted by molar-refractivity contribution is 0.254. The van der Waals surface area contributed by atoms with E-state index in [2.05, 4.69) is 74.6 Å². The van der Waals surface area contributed by atoms with Crippen LogP contribution in [0.25, 0.3) is 5.69 Å². The van der Waals surface area contributed by atoms with Crippen molar-refractivity contribution in [3.05, 3.63) is 99.8 Å². The van der Waals surface area contributed by atoms with Crippen molar-refractivity contribution in [2.45, 2.75) is 19.5 Å². The Bertz CT molecular complexity index is 1160. The molecule has 0 aliphatic rings. The molecule has 4 rings (SSSR count). The molecule has 31 heavy (non-hydrogen) atoms. The maximum Gasteiger partial charge on any atom is 0.178 e. The van der Waals surface area contributed by atoms with Gasteiger partial charge in [0, 0.05) is 16.6 Å². The van der Waals surface area contributed by atoms with Crippen molar-refractivity contribution in [2.75, 3.05) is 14.2 Å². The summed E-state index contributed by atoms with van der Waals surface area (Å²) in [5.41, 5.74) is 4.27. The first-order valence-corrected chi connectivity index (χ1v) is 10.8. The number of hydrogen-bond donors (Lipinski definition) is 0. The highest BCUT2D eigenvalue weighted by molar-refractivity contribution is 9.10. The Hall–Kier alpha value is -3.03. The van der Waals surface area contributed by atoms with Gasteiger partial charge in [-0.1, -0.05) is 64.5 Å². The summed E-state index contributed by atoms with van der Waals surface area (Å²) in [7, 11) is 3.77. The number of hydrogen-bond acceptors (Lipinski definition) is 5. The molecule has 0 spiro atoms. The van der Waals surface area contributed by atoms with E-state index in [1.165, 1.54) is 0 Å². The summed E-state index contributed by atoms with van der Waals surface area (Å²) in [4.78, 5) is 2.24. The molecule has 0 aliphatic carbocycles. The normalized spacial score (nSPS) is 12.2. The molecule has 0 unspecified atom stereocenters. The highest BCUT2D eigenvalue weighted by Crippen LogP contribution is 2.31. The summed E-state index contributed by atoms with van der Waals surface area (Å²) in [6.07, 6.45) is 0. The van der Waals surface area contributed by atoms with E-state index < -0.39 is 0 Å². The van der Waals surface area contributed by atoms with Gasteiger partial charge in [-0.25, -0.2) is 0 Å². The van der Waals surface area contributed by atoms with E-state index >= 15 is 0 Å². The van der Waals surface area contributed by atoms with Crippen LogP contribution >= 0.6 is 15.9 Å². The average molecular weight is 478 g/mol. The van der Waals surface area contributed by atoms with Crippen molar-refractivity contribution >= 4 is 15.9 Å². The number of benzene rings is 3.